The van der Waals surface area contributed by atoms with Gasteiger partial charge in [0.05, 0.1) is 33.3 Å². The molecule has 2 aromatic rings. The number of rotatable bonds is 12. The molecule has 0 atom stereocenters. The van der Waals surface area contributed by atoms with Gasteiger partial charge in [-0.1, -0.05) is 6.07 Å². The van der Waals surface area contributed by atoms with Gasteiger partial charge in [-0.15, -0.1) is 0 Å². The van der Waals surface area contributed by atoms with Gasteiger partial charge in [-0.3, -0.25) is 4.79 Å². The maximum atomic E-state index is 12.4. The highest BCUT2D eigenvalue weighted by molar-refractivity contribution is 7.89. The topological polar surface area (TPSA) is 112 Å². The molecule has 0 aliphatic heterocycles. The fraction of sp³-hybridized carbons (Fsp3) is 0.381. The lowest BCUT2D eigenvalue weighted by Gasteiger charge is -2.11. The first-order chi connectivity index (χ1) is 14.8. The molecule has 0 saturated heterocycles. The van der Waals surface area contributed by atoms with Crippen LogP contribution in [0.4, 0.5) is 0 Å². The second-order valence-electron chi connectivity index (χ2n) is 6.45. The molecule has 0 bridgehead atoms. The van der Waals surface area contributed by atoms with E-state index in [0.29, 0.717) is 36.0 Å². The van der Waals surface area contributed by atoms with Crippen molar-refractivity contribution < 1.29 is 32.2 Å². The Morgan fingerprint density at radius 3 is 2.00 bits per heavy atom. The molecule has 2 rings (SSSR count). The highest BCUT2D eigenvalue weighted by Crippen LogP contribution is 2.29. The normalized spacial score (nSPS) is 11.0. The van der Waals surface area contributed by atoms with E-state index in [1.54, 1.807) is 20.3 Å². The highest BCUT2D eigenvalue weighted by atomic mass is 32.2. The number of amides is 1. The van der Waals surface area contributed by atoms with Gasteiger partial charge in [0.2, 0.25) is 15.9 Å². The van der Waals surface area contributed by atoms with Crippen LogP contribution in [0.5, 0.6) is 23.0 Å². The molecule has 0 fully saturated rings. The van der Waals surface area contributed by atoms with Gasteiger partial charge in [0.15, 0.2) is 23.0 Å². The van der Waals surface area contributed by atoms with Crippen LogP contribution in [-0.2, 0) is 21.2 Å². The average molecular weight is 453 g/mol. The lowest BCUT2D eigenvalue weighted by atomic mass is 10.1. The van der Waals surface area contributed by atoms with E-state index in [2.05, 4.69) is 10.0 Å². The van der Waals surface area contributed by atoms with Crippen LogP contribution >= 0.6 is 0 Å². The molecule has 0 unspecified atom stereocenters. The third-order valence-corrected chi connectivity index (χ3v) is 5.95. The summed E-state index contributed by atoms with van der Waals surface area (Å²) in [6, 6.07) is 9.83. The summed E-state index contributed by atoms with van der Waals surface area (Å²) < 4.78 is 48.0. The summed E-state index contributed by atoms with van der Waals surface area (Å²) in [5, 5.41) is 2.77. The van der Waals surface area contributed by atoms with Crippen molar-refractivity contribution in [3.8, 4) is 23.0 Å². The predicted octanol–water partition coefficient (Wildman–Crippen LogP) is 1.75. The molecule has 0 aliphatic rings. The summed E-state index contributed by atoms with van der Waals surface area (Å²) in [7, 11) is 2.24. The molecule has 10 heteroatoms. The van der Waals surface area contributed by atoms with E-state index in [4.69, 9.17) is 18.9 Å². The first kappa shape index (κ1) is 24.3. The average Bonchev–Trinajstić information content (AvgIpc) is 2.78. The Labute approximate surface area is 182 Å². The molecule has 0 aliphatic carbocycles. The Balaban J connectivity index is 1.81. The summed E-state index contributed by atoms with van der Waals surface area (Å²) >= 11 is 0. The molecule has 170 valence electrons. The number of carbonyl (C=O) groups is 1. The molecule has 0 heterocycles. The second kappa shape index (κ2) is 11.4. The minimum Gasteiger partial charge on any atom is -0.493 e. The lowest BCUT2D eigenvalue weighted by Crippen LogP contribution is -2.31. The molecular weight excluding hydrogens is 424 g/mol. The molecule has 2 N–H and O–H groups in total. The second-order valence-corrected chi connectivity index (χ2v) is 8.22. The van der Waals surface area contributed by atoms with Crippen LogP contribution in [0.1, 0.15) is 12.0 Å². The predicted molar refractivity (Wildman–Crippen MR) is 116 cm³/mol. The number of carbonyl (C=O) groups excluding carboxylic acids is 1. The molecule has 0 radical (unpaired) electrons. The number of hydrogen-bond acceptors (Lipinski definition) is 7. The van der Waals surface area contributed by atoms with Crippen LogP contribution < -0.4 is 29.0 Å². The quantitative estimate of drug-likeness (QED) is 0.505. The van der Waals surface area contributed by atoms with Crippen molar-refractivity contribution in [1.82, 2.24) is 10.0 Å². The molecule has 0 spiro atoms. The zero-order chi connectivity index (χ0) is 22.9. The maximum Gasteiger partial charge on any atom is 0.240 e. The third-order valence-electron chi connectivity index (χ3n) is 4.49. The van der Waals surface area contributed by atoms with Crippen molar-refractivity contribution in [2.24, 2.45) is 0 Å². The number of nitrogens with one attached hydrogen (secondary N) is 2. The van der Waals surface area contributed by atoms with Crippen LogP contribution in [0.3, 0.4) is 0 Å². The van der Waals surface area contributed by atoms with Gasteiger partial charge < -0.3 is 24.3 Å². The van der Waals surface area contributed by atoms with Crippen LogP contribution in [-0.4, -0.2) is 55.9 Å². The van der Waals surface area contributed by atoms with E-state index < -0.39 is 10.0 Å². The van der Waals surface area contributed by atoms with Gasteiger partial charge in [-0.2, -0.15) is 0 Å². The van der Waals surface area contributed by atoms with Crippen LogP contribution in [0.25, 0.3) is 0 Å². The third kappa shape index (κ3) is 6.76. The summed E-state index contributed by atoms with van der Waals surface area (Å²) in [6.07, 6.45) is 0.613. The van der Waals surface area contributed by atoms with E-state index in [0.717, 1.165) is 5.56 Å². The summed E-state index contributed by atoms with van der Waals surface area (Å²) in [4.78, 5) is 12.1. The van der Waals surface area contributed by atoms with E-state index in [1.807, 2.05) is 12.1 Å². The maximum absolute atomic E-state index is 12.4. The highest BCUT2D eigenvalue weighted by Gasteiger charge is 2.17. The zero-order valence-electron chi connectivity index (χ0n) is 18.1. The van der Waals surface area contributed by atoms with Crippen molar-refractivity contribution in [3.05, 3.63) is 42.0 Å². The molecular formula is C21H28N2O7S. The lowest BCUT2D eigenvalue weighted by molar-refractivity contribution is -0.120. The summed E-state index contributed by atoms with van der Waals surface area (Å²) in [5.74, 6) is 1.73. The summed E-state index contributed by atoms with van der Waals surface area (Å²) in [6.45, 7) is 0.385. The number of sulfonamides is 1. The van der Waals surface area contributed by atoms with Crippen LogP contribution in [0.15, 0.2) is 41.3 Å². The van der Waals surface area contributed by atoms with Crippen LogP contribution in [0, 0.1) is 0 Å². The first-order valence-electron chi connectivity index (χ1n) is 9.54. The largest absolute Gasteiger partial charge is 0.493 e. The van der Waals surface area contributed by atoms with Crippen molar-refractivity contribution in [1.29, 1.82) is 0 Å². The van der Waals surface area contributed by atoms with E-state index in [1.165, 1.54) is 32.4 Å². The van der Waals surface area contributed by atoms with Gasteiger partial charge in [0.1, 0.15) is 0 Å². The molecule has 1 amide bonds. The van der Waals surface area contributed by atoms with Crippen molar-refractivity contribution in [3.63, 3.8) is 0 Å². The SMILES string of the molecule is COc1ccc(CCNC(=O)CCNS(=O)(=O)c2ccc(OC)c(OC)c2)cc1OC. The van der Waals surface area contributed by atoms with Gasteiger partial charge in [-0.25, -0.2) is 13.1 Å². The molecule has 2 aromatic carbocycles. The van der Waals surface area contributed by atoms with Gasteiger partial charge in [-0.05, 0) is 36.2 Å². The number of methoxy groups -OCH3 is 4. The minimum atomic E-state index is -3.78. The van der Waals surface area contributed by atoms with Crippen LogP contribution in [0.2, 0.25) is 0 Å². The fourth-order valence-corrected chi connectivity index (χ4v) is 3.88. The van der Waals surface area contributed by atoms with E-state index >= 15 is 0 Å². The van der Waals surface area contributed by atoms with E-state index in [9.17, 15) is 13.2 Å². The minimum absolute atomic E-state index is 0.0124. The van der Waals surface area contributed by atoms with Gasteiger partial charge in [0.25, 0.3) is 0 Å². The smallest absolute Gasteiger partial charge is 0.240 e. The van der Waals surface area contributed by atoms with E-state index in [-0.39, 0.29) is 23.8 Å². The van der Waals surface area contributed by atoms with Crippen molar-refractivity contribution in [2.45, 2.75) is 17.7 Å². The standard InChI is InChI=1S/C21H28N2O7S/c1-27-17-7-5-15(13-19(17)29-3)9-11-22-21(24)10-12-23-31(25,26)16-6-8-18(28-2)20(14-16)30-4/h5-8,13-14,23H,9-12H2,1-4H3,(H,22,24). The molecule has 31 heavy (non-hydrogen) atoms. The first-order valence-corrected chi connectivity index (χ1v) is 11.0. The Morgan fingerprint density at radius 2 is 1.39 bits per heavy atom. The monoisotopic (exact) mass is 452 g/mol. The molecule has 9 nitrogen and oxygen atoms in total. The Hall–Kier alpha value is -2.98. The van der Waals surface area contributed by atoms with Crippen molar-refractivity contribution in [2.75, 3.05) is 41.5 Å². The van der Waals surface area contributed by atoms with Crippen molar-refractivity contribution >= 4 is 15.9 Å². The Bertz CT molecular complexity index is 993. The number of benzene rings is 2. The molecule has 0 aromatic heterocycles. The fourth-order valence-electron chi connectivity index (χ4n) is 2.84. The zero-order valence-corrected chi connectivity index (χ0v) is 18.9. The Kier molecular flexibility index (Phi) is 8.95. The summed E-state index contributed by atoms with van der Waals surface area (Å²) in [5.41, 5.74) is 0.979. The Morgan fingerprint density at radius 1 is 0.806 bits per heavy atom. The number of ether oxygens (including phenoxy) is 4. The van der Waals surface area contributed by atoms with Gasteiger partial charge in [0, 0.05) is 25.6 Å². The number of hydrogen-bond donors (Lipinski definition) is 2. The molecule has 0 saturated carbocycles. The van der Waals surface area contributed by atoms with Gasteiger partial charge >= 0.3 is 0 Å².